The zero-order valence-corrected chi connectivity index (χ0v) is 24.7. The lowest BCUT2D eigenvalue weighted by Crippen LogP contribution is -2.20. The normalized spacial score (nSPS) is 10.7. The Labute approximate surface area is 250 Å². The second kappa shape index (κ2) is 13.7. The lowest BCUT2D eigenvalue weighted by molar-refractivity contribution is -0.118. The monoisotopic (exact) mass is 579 g/mol. The van der Waals surface area contributed by atoms with Gasteiger partial charge in [-0.15, -0.1) is 10.2 Å². The Hall–Kier alpha value is -4.76. The van der Waals surface area contributed by atoms with Crippen LogP contribution in [0.2, 0.25) is 0 Å². The molecule has 0 bridgehead atoms. The number of rotatable bonds is 12. The minimum absolute atomic E-state index is 0.0921. The van der Waals surface area contributed by atoms with Crippen molar-refractivity contribution >= 4 is 29.0 Å². The number of amides is 1. The first kappa shape index (κ1) is 28.8. The van der Waals surface area contributed by atoms with Gasteiger partial charge in [0.05, 0.1) is 13.7 Å². The molecule has 0 aliphatic carbocycles. The van der Waals surface area contributed by atoms with Gasteiger partial charge in [0.1, 0.15) is 11.5 Å². The van der Waals surface area contributed by atoms with Gasteiger partial charge in [0.25, 0.3) is 5.91 Å². The molecular formula is C33H33N5O3S. The van der Waals surface area contributed by atoms with Crippen LogP contribution in [0.25, 0.3) is 11.4 Å². The summed E-state index contributed by atoms with van der Waals surface area (Å²) < 4.78 is 13.2. The predicted octanol–water partition coefficient (Wildman–Crippen LogP) is 6.38. The van der Waals surface area contributed by atoms with E-state index in [2.05, 4.69) is 44.3 Å². The van der Waals surface area contributed by atoms with Gasteiger partial charge in [-0.3, -0.25) is 9.36 Å². The highest BCUT2D eigenvalue weighted by Crippen LogP contribution is 2.29. The topological polar surface area (TPSA) is 81.5 Å². The second-order valence-corrected chi connectivity index (χ2v) is 10.8. The van der Waals surface area contributed by atoms with E-state index in [1.165, 1.54) is 5.56 Å². The summed E-state index contributed by atoms with van der Waals surface area (Å²) >= 11 is 1.64. The highest BCUT2D eigenvalue weighted by Gasteiger charge is 2.16. The summed E-state index contributed by atoms with van der Waals surface area (Å²) in [5.74, 6) is 2.73. The molecule has 1 N–H and O–H groups in total. The molecule has 5 aromatic rings. The average molecular weight is 580 g/mol. The van der Waals surface area contributed by atoms with E-state index in [0.717, 1.165) is 45.0 Å². The third-order valence-electron chi connectivity index (χ3n) is 6.58. The standard InChI is InChI=1S/C33H33N5O3S/c1-37(2)28-15-13-27(14-16-28)34-31(39)22-41-30-19-11-26(12-20-30)32-35-36-33(38(32)21-24-7-5-4-6-8-24)42-23-25-9-17-29(40-3)18-10-25/h4-20H,21-23H2,1-3H3,(H,34,39). The van der Waals surface area contributed by atoms with Crippen LogP contribution < -0.4 is 19.7 Å². The van der Waals surface area contributed by atoms with Gasteiger partial charge >= 0.3 is 0 Å². The van der Waals surface area contributed by atoms with Crippen LogP contribution in [-0.2, 0) is 17.1 Å². The van der Waals surface area contributed by atoms with E-state index < -0.39 is 0 Å². The van der Waals surface area contributed by atoms with Crippen molar-refractivity contribution in [1.82, 2.24) is 14.8 Å². The van der Waals surface area contributed by atoms with Crippen molar-refractivity contribution < 1.29 is 14.3 Å². The van der Waals surface area contributed by atoms with Gasteiger partial charge < -0.3 is 19.7 Å². The van der Waals surface area contributed by atoms with Crippen molar-refractivity contribution in [3.63, 3.8) is 0 Å². The molecule has 1 aromatic heterocycles. The maximum Gasteiger partial charge on any atom is 0.262 e. The summed E-state index contributed by atoms with van der Waals surface area (Å²) in [4.78, 5) is 14.4. The third kappa shape index (κ3) is 7.50. The first-order chi connectivity index (χ1) is 20.5. The molecule has 0 aliphatic heterocycles. The lowest BCUT2D eigenvalue weighted by atomic mass is 10.2. The van der Waals surface area contributed by atoms with Crippen LogP contribution in [0.3, 0.4) is 0 Å². The van der Waals surface area contributed by atoms with Gasteiger partial charge in [0.15, 0.2) is 17.6 Å². The number of hydrogen-bond acceptors (Lipinski definition) is 7. The summed E-state index contributed by atoms with van der Waals surface area (Å²) in [7, 11) is 5.61. The van der Waals surface area contributed by atoms with E-state index in [4.69, 9.17) is 9.47 Å². The number of benzene rings is 4. The Morgan fingerprint density at radius 2 is 1.52 bits per heavy atom. The van der Waals surface area contributed by atoms with Crippen molar-refractivity contribution in [2.24, 2.45) is 0 Å². The average Bonchev–Trinajstić information content (AvgIpc) is 3.42. The third-order valence-corrected chi connectivity index (χ3v) is 7.62. The second-order valence-electron chi connectivity index (χ2n) is 9.82. The van der Waals surface area contributed by atoms with Crippen molar-refractivity contribution in [1.29, 1.82) is 0 Å². The van der Waals surface area contributed by atoms with Crippen LogP contribution in [0, 0.1) is 0 Å². The predicted molar refractivity (Wildman–Crippen MR) is 168 cm³/mol. The van der Waals surface area contributed by atoms with E-state index in [-0.39, 0.29) is 12.5 Å². The number of hydrogen-bond donors (Lipinski definition) is 1. The fourth-order valence-electron chi connectivity index (χ4n) is 4.28. The van der Waals surface area contributed by atoms with Gasteiger partial charge in [0.2, 0.25) is 0 Å². The number of anilines is 2. The van der Waals surface area contributed by atoms with Gasteiger partial charge in [-0.05, 0) is 71.8 Å². The molecule has 1 amide bonds. The molecule has 214 valence electrons. The maximum atomic E-state index is 12.4. The van der Waals surface area contributed by atoms with Crippen LogP contribution in [0.1, 0.15) is 11.1 Å². The number of nitrogens with one attached hydrogen (secondary N) is 1. The van der Waals surface area contributed by atoms with Gasteiger partial charge in [0, 0.05) is 36.8 Å². The molecule has 4 aromatic carbocycles. The van der Waals surface area contributed by atoms with Crippen LogP contribution in [-0.4, -0.2) is 48.5 Å². The van der Waals surface area contributed by atoms with Crippen LogP contribution >= 0.6 is 11.8 Å². The lowest BCUT2D eigenvalue weighted by Gasteiger charge is -2.13. The van der Waals surface area contributed by atoms with Gasteiger partial charge in [-0.25, -0.2) is 0 Å². The first-order valence-corrected chi connectivity index (χ1v) is 14.5. The Morgan fingerprint density at radius 1 is 0.833 bits per heavy atom. The fraction of sp³-hybridized carbons (Fsp3) is 0.182. The molecule has 9 heteroatoms. The van der Waals surface area contributed by atoms with Crippen LogP contribution in [0.5, 0.6) is 11.5 Å². The number of aromatic nitrogens is 3. The Balaban J connectivity index is 1.26. The zero-order valence-electron chi connectivity index (χ0n) is 23.9. The molecule has 0 saturated heterocycles. The molecule has 0 spiro atoms. The van der Waals surface area contributed by atoms with Crippen molar-refractivity contribution in [2.75, 3.05) is 38.0 Å². The summed E-state index contributed by atoms with van der Waals surface area (Å²) in [6, 6.07) is 33.5. The number of methoxy groups -OCH3 is 1. The molecule has 1 heterocycles. The van der Waals surface area contributed by atoms with Crippen molar-refractivity contribution in [2.45, 2.75) is 17.5 Å². The minimum atomic E-state index is -0.224. The Morgan fingerprint density at radius 3 is 2.19 bits per heavy atom. The molecule has 0 unspecified atom stereocenters. The molecular weight excluding hydrogens is 546 g/mol. The van der Waals surface area contributed by atoms with E-state index in [9.17, 15) is 4.79 Å². The summed E-state index contributed by atoms with van der Waals surface area (Å²) in [6.07, 6.45) is 0. The highest BCUT2D eigenvalue weighted by atomic mass is 32.2. The smallest absolute Gasteiger partial charge is 0.262 e. The van der Waals surface area contributed by atoms with Gasteiger partial charge in [-0.1, -0.05) is 54.2 Å². The number of thioether (sulfide) groups is 1. The molecule has 0 saturated carbocycles. The van der Waals surface area contributed by atoms with Crippen LogP contribution in [0.15, 0.2) is 108 Å². The molecule has 0 atom stereocenters. The van der Waals surface area contributed by atoms with E-state index in [0.29, 0.717) is 12.3 Å². The molecule has 0 fully saturated rings. The fourth-order valence-corrected chi connectivity index (χ4v) is 5.17. The van der Waals surface area contributed by atoms with E-state index in [1.54, 1.807) is 18.9 Å². The molecule has 0 radical (unpaired) electrons. The number of carbonyl (C=O) groups excluding carboxylic acids is 1. The SMILES string of the molecule is COc1ccc(CSc2nnc(-c3ccc(OCC(=O)Nc4ccc(N(C)C)cc4)cc3)n2Cc2ccccc2)cc1. The quantitative estimate of drug-likeness (QED) is 0.172. The highest BCUT2D eigenvalue weighted by molar-refractivity contribution is 7.98. The van der Waals surface area contributed by atoms with Gasteiger partial charge in [-0.2, -0.15) is 0 Å². The van der Waals surface area contributed by atoms with Crippen molar-refractivity contribution in [3.05, 3.63) is 114 Å². The van der Waals surface area contributed by atoms with E-state index in [1.807, 2.05) is 97.9 Å². The van der Waals surface area contributed by atoms with E-state index >= 15 is 0 Å². The maximum absolute atomic E-state index is 12.4. The summed E-state index contributed by atoms with van der Waals surface area (Å²) in [6.45, 7) is 0.549. The first-order valence-electron chi connectivity index (χ1n) is 13.5. The largest absolute Gasteiger partial charge is 0.497 e. The minimum Gasteiger partial charge on any atom is -0.497 e. The van der Waals surface area contributed by atoms with Crippen molar-refractivity contribution in [3.8, 4) is 22.9 Å². The summed E-state index contributed by atoms with van der Waals surface area (Å²) in [5.41, 5.74) is 5.03. The molecule has 42 heavy (non-hydrogen) atoms. The summed E-state index contributed by atoms with van der Waals surface area (Å²) in [5, 5.41) is 12.8. The Bertz CT molecular complexity index is 1590. The number of nitrogens with zero attached hydrogens (tertiary/aromatic N) is 4. The molecule has 5 rings (SSSR count). The molecule has 8 nitrogen and oxygen atoms in total. The Kier molecular flexibility index (Phi) is 9.41. The van der Waals surface area contributed by atoms with Crippen LogP contribution in [0.4, 0.5) is 11.4 Å². The molecule has 0 aliphatic rings. The number of ether oxygens (including phenoxy) is 2. The zero-order chi connectivity index (χ0) is 29.3. The number of carbonyl (C=O) groups is 1.